The molecule has 1 saturated heterocycles. The minimum Gasteiger partial charge on any atom is -0.441 e. The zero-order chi connectivity index (χ0) is 22.0. The molecule has 32 heavy (non-hydrogen) atoms. The minimum absolute atomic E-state index is 0.0797. The molecule has 2 aromatic heterocycles. The van der Waals surface area contributed by atoms with Crippen LogP contribution in [0.5, 0.6) is 0 Å². The van der Waals surface area contributed by atoms with E-state index in [4.69, 9.17) is 4.74 Å². The highest BCUT2D eigenvalue weighted by Crippen LogP contribution is 2.41. The maximum Gasteiger partial charge on any atom is 0.415 e. The van der Waals surface area contributed by atoms with Gasteiger partial charge in [-0.1, -0.05) is 24.3 Å². The Morgan fingerprint density at radius 2 is 1.75 bits per heavy atom. The Kier molecular flexibility index (Phi) is 5.26. The molecule has 2 aliphatic rings. The normalized spacial score (nSPS) is 22.6. The number of amides is 2. The number of carbonyl (C=O) groups excluding carboxylic acids is 2. The summed E-state index contributed by atoms with van der Waals surface area (Å²) in [5.74, 6) is 0.184. The summed E-state index contributed by atoms with van der Waals surface area (Å²) in [6, 6.07) is 15.1. The number of carbonyl (C=O) groups is 2. The Morgan fingerprint density at radius 3 is 2.44 bits per heavy atom. The molecule has 162 valence electrons. The van der Waals surface area contributed by atoms with Crippen LogP contribution in [0, 0.1) is 5.92 Å². The maximum absolute atomic E-state index is 12.8. The van der Waals surface area contributed by atoms with E-state index in [1.165, 1.54) is 0 Å². The Morgan fingerprint density at radius 1 is 0.969 bits per heavy atom. The van der Waals surface area contributed by atoms with Gasteiger partial charge in [0.2, 0.25) is 5.91 Å². The van der Waals surface area contributed by atoms with E-state index < -0.39 is 5.60 Å². The van der Waals surface area contributed by atoms with Gasteiger partial charge < -0.3 is 10.1 Å². The molecule has 0 atom stereocenters. The van der Waals surface area contributed by atoms with Crippen molar-refractivity contribution in [2.24, 2.45) is 5.92 Å². The molecule has 1 spiro atoms. The fraction of sp³-hybridized carbons (Fsp3) is 0.292. The summed E-state index contributed by atoms with van der Waals surface area (Å²) in [4.78, 5) is 39.8. The summed E-state index contributed by atoms with van der Waals surface area (Å²) in [7, 11) is 0. The summed E-state index contributed by atoms with van der Waals surface area (Å²) in [6.07, 6.45) is 7.15. The van der Waals surface area contributed by atoms with Gasteiger partial charge in [-0.3, -0.25) is 14.7 Å². The fourth-order valence-electron chi connectivity index (χ4n) is 4.36. The van der Waals surface area contributed by atoms with Crippen LogP contribution in [0.4, 0.5) is 16.3 Å². The van der Waals surface area contributed by atoms with Gasteiger partial charge >= 0.3 is 6.09 Å². The third-order valence-corrected chi connectivity index (χ3v) is 6.14. The molecule has 2 amide bonds. The number of anilines is 2. The monoisotopic (exact) mass is 429 g/mol. The van der Waals surface area contributed by atoms with Gasteiger partial charge in [-0.05, 0) is 49.9 Å². The number of aromatic nitrogens is 3. The largest absolute Gasteiger partial charge is 0.441 e. The number of rotatable bonds is 4. The van der Waals surface area contributed by atoms with Crippen molar-refractivity contribution in [3.05, 3.63) is 67.1 Å². The molecule has 8 heteroatoms. The van der Waals surface area contributed by atoms with Crippen molar-refractivity contribution in [2.45, 2.75) is 31.3 Å². The molecular formula is C24H23N5O3. The van der Waals surface area contributed by atoms with E-state index in [0.717, 1.165) is 11.4 Å². The highest BCUT2D eigenvalue weighted by molar-refractivity contribution is 5.92. The number of hydrogen-bond acceptors (Lipinski definition) is 6. The second kappa shape index (κ2) is 8.37. The first-order valence-electron chi connectivity index (χ1n) is 10.7. The summed E-state index contributed by atoms with van der Waals surface area (Å²) in [5, 5.41) is 2.86. The van der Waals surface area contributed by atoms with Crippen LogP contribution in [0.1, 0.15) is 25.7 Å². The molecule has 5 rings (SSSR count). The number of benzene rings is 1. The van der Waals surface area contributed by atoms with Gasteiger partial charge in [-0.15, -0.1) is 0 Å². The molecule has 0 bridgehead atoms. The lowest BCUT2D eigenvalue weighted by molar-refractivity contribution is -0.122. The van der Waals surface area contributed by atoms with Gasteiger partial charge in [0.25, 0.3) is 0 Å². The number of ether oxygens (including phenoxy) is 1. The van der Waals surface area contributed by atoms with Crippen LogP contribution < -0.4 is 10.2 Å². The van der Waals surface area contributed by atoms with E-state index in [0.29, 0.717) is 43.7 Å². The zero-order valence-corrected chi connectivity index (χ0v) is 17.5. The molecule has 1 aromatic carbocycles. The molecule has 0 radical (unpaired) electrons. The third-order valence-electron chi connectivity index (χ3n) is 6.14. The molecular weight excluding hydrogens is 406 g/mol. The Balaban J connectivity index is 1.18. The van der Waals surface area contributed by atoms with E-state index in [9.17, 15) is 9.59 Å². The Labute approximate surface area is 185 Å². The molecule has 3 aromatic rings. The highest BCUT2D eigenvalue weighted by atomic mass is 16.6. The summed E-state index contributed by atoms with van der Waals surface area (Å²) in [5.41, 5.74) is 1.69. The Bertz CT molecular complexity index is 1100. The van der Waals surface area contributed by atoms with Crippen LogP contribution in [0.3, 0.4) is 0 Å². The number of para-hydroxylation sites is 1. The van der Waals surface area contributed by atoms with Gasteiger partial charge in [0.05, 0.1) is 24.6 Å². The van der Waals surface area contributed by atoms with E-state index >= 15 is 0 Å². The molecule has 1 N–H and O–H groups in total. The van der Waals surface area contributed by atoms with Crippen LogP contribution in [0.15, 0.2) is 67.1 Å². The zero-order valence-electron chi connectivity index (χ0n) is 17.5. The molecule has 0 unspecified atom stereocenters. The van der Waals surface area contributed by atoms with Gasteiger partial charge in [0, 0.05) is 17.8 Å². The average Bonchev–Trinajstić information content (AvgIpc) is 3.16. The summed E-state index contributed by atoms with van der Waals surface area (Å²) >= 11 is 0. The number of nitrogens with zero attached hydrogens (tertiary/aromatic N) is 4. The highest BCUT2D eigenvalue weighted by Gasteiger charge is 2.48. The van der Waals surface area contributed by atoms with Crippen molar-refractivity contribution in [1.29, 1.82) is 0 Å². The fourth-order valence-corrected chi connectivity index (χ4v) is 4.36. The lowest BCUT2D eigenvalue weighted by atomic mass is 9.78. The third kappa shape index (κ3) is 4.03. The van der Waals surface area contributed by atoms with Crippen molar-refractivity contribution in [2.75, 3.05) is 16.8 Å². The first kappa shape index (κ1) is 20.1. The number of hydrogen-bond donors (Lipinski definition) is 1. The lowest BCUT2D eigenvalue weighted by Gasteiger charge is -2.34. The quantitative estimate of drug-likeness (QED) is 0.672. The van der Waals surface area contributed by atoms with Gasteiger partial charge in [-0.2, -0.15) is 0 Å². The van der Waals surface area contributed by atoms with Crippen molar-refractivity contribution >= 4 is 23.5 Å². The molecule has 1 saturated carbocycles. The van der Waals surface area contributed by atoms with Crippen molar-refractivity contribution in [1.82, 2.24) is 15.0 Å². The molecule has 1 aliphatic carbocycles. The van der Waals surface area contributed by atoms with Gasteiger partial charge in [-0.25, -0.2) is 14.8 Å². The predicted molar refractivity (Wildman–Crippen MR) is 119 cm³/mol. The first-order chi connectivity index (χ1) is 15.6. The van der Waals surface area contributed by atoms with E-state index in [1.807, 2.05) is 48.5 Å². The Hall–Kier alpha value is -3.81. The smallest absolute Gasteiger partial charge is 0.415 e. The van der Waals surface area contributed by atoms with Crippen LogP contribution in [-0.4, -0.2) is 39.1 Å². The van der Waals surface area contributed by atoms with E-state index in [-0.39, 0.29) is 17.9 Å². The molecule has 8 nitrogen and oxygen atoms in total. The van der Waals surface area contributed by atoms with Gasteiger partial charge in [0.1, 0.15) is 11.3 Å². The second-order valence-electron chi connectivity index (χ2n) is 8.24. The number of nitrogens with one attached hydrogen (secondary N) is 1. The van der Waals surface area contributed by atoms with Crippen molar-refractivity contribution < 1.29 is 14.3 Å². The van der Waals surface area contributed by atoms with Crippen LogP contribution in [-0.2, 0) is 9.53 Å². The van der Waals surface area contributed by atoms with Crippen molar-refractivity contribution in [3.63, 3.8) is 0 Å². The molecule has 2 fully saturated rings. The minimum atomic E-state index is -0.520. The van der Waals surface area contributed by atoms with Gasteiger partial charge in [0.15, 0.2) is 5.82 Å². The summed E-state index contributed by atoms with van der Waals surface area (Å²) < 4.78 is 5.79. The van der Waals surface area contributed by atoms with Crippen LogP contribution in [0.25, 0.3) is 11.4 Å². The SMILES string of the molecule is O=C1O[C@]2(CC[C@H](C(=O)Nc3cnc(-c4ccccn4)cn3)CC2)CN1c1ccccc1. The molecule has 3 heterocycles. The number of pyridine rings is 1. The first-order valence-corrected chi connectivity index (χ1v) is 10.7. The van der Waals surface area contributed by atoms with Crippen molar-refractivity contribution in [3.8, 4) is 11.4 Å². The second-order valence-corrected chi connectivity index (χ2v) is 8.24. The molecule has 1 aliphatic heterocycles. The summed E-state index contributed by atoms with van der Waals surface area (Å²) in [6.45, 7) is 0.518. The van der Waals surface area contributed by atoms with Crippen LogP contribution in [0.2, 0.25) is 0 Å². The topological polar surface area (TPSA) is 97.3 Å². The van der Waals surface area contributed by atoms with E-state index in [1.54, 1.807) is 23.5 Å². The van der Waals surface area contributed by atoms with Crippen LogP contribution >= 0.6 is 0 Å². The predicted octanol–water partition coefficient (Wildman–Crippen LogP) is 4.06. The maximum atomic E-state index is 12.8. The lowest BCUT2D eigenvalue weighted by Crippen LogP contribution is -2.41. The average molecular weight is 429 g/mol. The van der Waals surface area contributed by atoms with E-state index in [2.05, 4.69) is 20.3 Å². The standard InChI is InChI=1S/C24H23N5O3/c30-22(28-21-15-26-20(14-27-21)19-8-4-5-13-25-19)17-9-11-24(12-10-17)16-29(23(31)32-24)18-6-2-1-3-7-18/h1-8,13-15,17H,9-12,16H2,(H,27,28,30)/t17-,24-.